The van der Waals surface area contributed by atoms with Crippen molar-refractivity contribution in [3.63, 3.8) is 0 Å². The average molecular weight is 501 g/mol. The first-order valence-corrected chi connectivity index (χ1v) is 12.2. The molecule has 0 saturated heterocycles. The number of carbonyl (C=O) groups is 1. The Morgan fingerprint density at radius 3 is 2.00 bits per heavy atom. The standard InChI is InChI=1S/C25H28N2O7S/c1-33-21-12-14-22(15-13-21)35(31,32)25(30,18-34-17-20-10-6-3-7-11-20)24(26,27-23(28)29)16-19-8-4-2-5-9-19/h2-15,27,30H,16-18,26H2,1H3,(H,28,29)/t24-,25-/m0/s1. The highest BCUT2D eigenvalue weighted by atomic mass is 32.2. The van der Waals surface area contributed by atoms with E-state index in [0.29, 0.717) is 11.3 Å². The summed E-state index contributed by atoms with van der Waals surface area (Å²) in [5.41, 5.74) is 5.30. The van der Waals surface area contributed by atoms with Crippen molar-refractivity contribution in [2.45, 2.75) is 28.5 Å². The number of hydrogen-bond acceptors (Lipinski definition) is 7. The van der Waals surface area contributed by atoms with Gasteiger partial charge in [0.1, 0.15) is 11.4 Å². The molecule has 0 fully saturated rings. The molecule has 9 nitrogen and oxygen atoms in total. The predicted octanol–water partition coefficient (Wildman–Crippen LogP) is 2.54. The monoisotopic (exact) mass is 500 g/mol. The van der Waals surface area contributed by atoms with Gasteiger partial charge < -0.3 is 25.4 Å². The second-order valence-corrected chi connectivity index (χ2v) is 10.2. The van der Waals surface area contributed by atoms with Crippen molar-refractivity contribution in [1.29, 1.82) is 0 Å². The van der Waals surface area contributed by atoms with Gasteiger partial charge in [0.05, 0.1) is 25.2 Å². The third-order valence-electron chi connectivity index (χ3n) is 5.58. The maximum absolute atomic E-state index is 13.8. The van der Waals surface area contributed by atoms with Gasteiger partial charge in [-0.25, -0.2) is 13.2 Å². The Bertz CT molecular complexity index is 1220. The molecule has 0 aliphatic carbocycles. The predicted molar refractivity (Wildman–Crippen MR) is 129 cm³/mol. The number of ether oxygens (including phenoxy) is 2. The van der Waals surface area contributed by atoms with E-state index in [4.69, 9.17) is 15.2 Å². The second-order valence-electron chi connectivity index (χ2n) is 8.01. The Morgan fingerprint density at radius 1 is 0.943 bits per heavy atom. The molecule has 35 heavy (non-hydrogen) atoms. The summed E-state index contributed by atoms with van der Waals surface area (Å²) >= 11 is 0. The van der Waals surface area contributed by atoms with Crippen LogP contribution >= 0.6 is 0 Å². The lowest BCUT2D eigenvalue weighted by atomic mass is 9.94. The molecular formula is C25H28N2O7S. The minimum atomic E-state index is -4.68. The summed E-state index contributed by atoms with van der Waals surface area (Å²) in [7, 11) is -3.25. The number of amides is 1. The maximum atomic E-state index is 13.8. The van der Waals surface area contributed by atoms with Crippen LogP contribution in [-0.2, 0) is 27.6 Å². The highest BCUT2D eigenvalue weighted by Gasteiger charge is 2.59. The number of methoxy groups -OCH3 is 1. The number of rotatable bonds is 11. The molecule has 0 saturated carbocycles. The van der Waals surface area contributed by atoms with E-state index in [1.807, 2.05) is 6.07 Å². The SMILES string of the molecule is COc1ccc(S(=O)(=O)[C@@](O)(COCc2ccccc2)[C@](N)(Cc2ccccc2)NC(=O)O)cc1. The molecule has 0 spiro atoms. The fraction of sp³-hybridized carbons (Fsp3) is 0.240. The van der Waals surface area contributed by atoms with Gasteiger partial charge in [-0.3, -0.25) is 5.32 Å². The third kappa shape index (κ3) is 5.80. The van der Waals surface area contributed by atoms with Gasteiger partial charge in [-0.15, -0.1) is 0 Å². The molecule has 1 amide bonds. The van der Waals surface area contributed by atoms with Crippen molar-refractivity contribution >= 4 is 15.9 Å². The molecule has 0 unspecified atom stereocenters. The molecule has 0 aliphatic heterocycles. The number of nitrogens with two attached hydrogens (primary N) is 1. The van der Waals surface area contributed by atoms with Crippen LogP contribution in [0.4, 0.5) is 4.79 Å². The van der Waals surface area contributed by atoms with E-state index < -0.39 is 33.1 Å². The molecule has 2 atom stereocenters. The number of sulfone groups is 1. The van der Waals surface area contributed by atoms with Crippen LogP contribution in [0.5, 0.6) is 5.75 Å². The average Bonchev–Trinajstić information content (AvgIpc) is 2.84. The van der Waals surface area contributed by atoms with Crippen molar-refractivity contribution in [3.05, 3.63) is 96.1 Å². The molecule has 186 valence electrons. The topological polar surface area (TPSA) is 148 Å². The van der Waals surface area contributed by atoms with Crippen LogP contribution in [0.1, 0.15) is 11.1 Å². The van der Waals surface area contributed by atoms with Gasteiger partial charge in [0.15, 0.2) is 0 Å². The molecule has 3 rings (SSSR count). The van der Waals surface area contributed by atoms with E-state index in [1.165, 1.54) is 31.4 Å². The van der Waals surface area contributed by atoms with E-state index >= 15 is 0 Å². The van der Waals surface area contributed by atoms with Gasteiger partial charge in [0.25, 0.3) is 0 Å². The molecular weight excluding hydrogens is 472 g/mol. The van der Waals surface area contributed by atoms with Gasteiger partial charge in [-0.1, -0.05) is 60.7 Å². The summed E-state index contributed by atoms with van der Waals surface area (Å²) in [6, 6.07) is 22.7. The maximum Gasteiger partial charge on any atom is 0.406 e. The normalized spacial score (nSPS) is 14.9. The van der Waals surface area contributed by atoms with E-state index in [9.17, 15) is 23.4 Å². The smallest absolute Gasteiger partial charge is 0.406 e. The molecule has 5 N–H and O–H groups in total. The first kappa shape index (κ1) is 26.2. The highest BCUT2D eigenvalue weighted by molar-refractivity contribution is 7.92. The summed E-state index contributed by atoms with van der Waals surface area (Å²) in [5.74, 6) is 0.403. The van der Waals surface area contributed by atoms with Gasteiger partial charge in [0.2, 0.25) is 14.8 Å². The lowest BCUT2D eigenvalue weighted by Gasteiger charge is -2.43. The number of hydrogen-bond donors (Lipinski definition) is 4. The Labute approximate surface area is 204 Å². The molecule has 0 bridgehead atoms. The van der Waals surface area contributed by atoms with Crippen LogP contribution in [0.15, 0.2) is 89.8 Å². The molecule has 3 aromatic rings. The molecule has 0 aliphatic rings. The first-order valence-electron chi connectivity index (χ1n) is 10.7. The van der Waals surface area contributed by atoms with Crippen molar-refractivity contribution in [2.75, 3.05) is 13.7 Å². The summed E-state index contributed by atoms with van der Waals surface area (Å²) < 4.78 is 38.4. The van der Waals surface area contributed by atoms with E-state index in [0.717, 1.165) is 5.56 Å². The quantitative estimate of drug-likeness (QED) is 0.294. The van der Waals surface area contributed by atoms with Crippen molar-refractivity contribution in [1.82, 2.24) is 5.32 Å². The Hall–Kier alpha value is -3.44. The number of nitrogens with one attached hydrogen (secondary N) is 1. The zero-order valence-corrected chi connectivity index (χ0v) is 19.9. The Balaban J connectivity index is 2.08. The lowest BCUT2D eigenvalue weighted by molar-refractivity contribution is -0.0521. The van der Waals surface area contributed by atoms with Gasteiger partial charge in [-0.05, 0) is 35.4 Å². The van der Waals surface area contributed by atoms with Crippen LogP contribution < -0.4 is 15.8 Å². The van der Waals surface area contributed by atoms with E-state index in [2.05, 4.69) is 5.32 Å². The zero-order valence-electron chi connectivity index (χ0n) is 19.1. The minimum absolute atomic E-state index is 0.0320. The van der Waals surface area contributed by atoms with Crippen molar-refractivity contribution < 1.29 is 32.9 Å². The van der Waals surface area contributed by atoms with Gasteiger partial charge in [-0.2, -0.15) is 0 Å². The number of carboxylic acid groups (broad SMARTS) is 1. The number of benzene rings is 3. The fourth-order valence-corrected chi connectivity index (χ4v) is 5.39. The highest BCUT2D eigenvalue weighted by Crippen LogP contribution is 2.34. The van der Waals surface area contributed by atoms with Crippen LogP contribution in [0, 0.1) is 0 Å². The fourth-order valence-electron chi connectivity index (χ4n) is 3.67. The Kier molecular flexibility index (Phi) is 8.13. The molecule has 0 heterocycles. The summed E-state index contributed by atoms with van der Waals surface area (Å²) in [6.45, 7) is -0.838. The molecule has 10 heteroatoms. The molecule has 3 aromatic carbocycles. The van der Waals surface area contributed by atoms with Crippen molar-refractivity contribution in [2.24, 2.45) is 5.73 Å². The van der Waals surface area contributed by atoms with Gasteiger partial charge >= 0.3 is 6.09 Å². The lowest BCUT2D eigenvalue weighted by Crippen LogP contribution is -2.75. The van der Waals surface area contributed by atoms with Crippen LogP contribution in [0.3, 0.4) is 0 Å². The van der Waals surface area contributed by atoms with Crippen molar-refractivity contribution in [3.8, 4) is 5.75 Å². The van der Waals surface area contributed by atoms with E-state index in [-0.39, 0.29) is 17.9 Å². The first-order chi connectivity index (χ1) is 16.6. The number of aliphatic hydroxyl groups is 1. The summed E-state index contributed by atoms with van der Waals surface area (Å²) in [4.78, 5) is 8.57. The Morgan fingerprint density at radius 2 is 1.49 bits per heavy atom. The third-order valence-corrected chi connectivity index (χ3v) is 7.84. The van der Waals surface area contributed by atoms with E-state index in [1.54, 1.807) is 54.6 Å². The molecule has 0 radical (unpaired) electrons. The van der Waals surface area contributed by atoms with Crippen LogP contribution in [0.2, 0.25) is 0 Å². The largest absolute Gasteiger partial charge is 0.497 e. The van der Waals surface area contributed by atoms with Crippen LogP contribution in [0.25, 0.3) is 0 Å². The molecule has 0 aromatic heterocycles. The second kappa shape index (κ2) is 10.9. The van der Waals surface area contributed by atoms with Gasteiger partial charge in [0, 0.05) is 6.42 Å². The summed E-state index contributed by atoms with van der Waals surface area (Å²) in [5, 5.41) is 23.4. The summed E-state index contributed by atoms with van der Waals surface area (Å²) in [6.07, 6.45) is -1.93. The minimum Gasteiger partial charge on any atom is -0.497 e. The van der Waals surface area contributed by atoms with Crippen LogP contribution in [-0.4, -0.2) is 49.0 Å². The zero-order chi connectivity index (χ0) is 25.5.